The summed E-state index contributed by atoms with van der Waals surface area (Å²) in [5.74, 6) is 0. The van der Waals surface area contributed by atoms with Crippen molar-refractivity contribution in [1.29, 1.82) is 0 Å². The van der Waals surface area contributed by atoms with Crippen LogP contribution >= 0.6 is 0 Å². The van der Waals surface area contributed by atoms with Crippen molar-refractivity contribution in [3.05, 3.63) is 71.8 Å². The minimum Gasteiger partial charge on any atom is -0.289 e. The van der Waals surface area contributed by atoms with Crippen molar-refractivity contribution in [3.63, 3.8) is 0 Å². The molecule has 3 rings (SSSR count). The third-order valence-corrected chi connectivity index (χ3v) is 4.13. The van der Waals surface area contributed by atoms with Crippen LogP contribution in [0.5, 0.6) is 0 Å². The summed E-state index contributed by atoms with van der Waals surface area (Å²) in [5.41, 5.74) is 2.37. The van der Waals surface area contributed by atoms with Crippen LogP contribution in [0.15, 0.2) is 70.6 Å². The smallest absolute Gasteiger partial charge is 0.0501 e. The van der Waals surface area contributed by atoms with E-state index in [1.165, 1.54) is 11.1 Å². The fourth-order valence-electron chi connectivity index (χ4n) is 2.82. The van der Waals surface area contributed by atoms with E-state index in [1.807, 2.05) is 24.6 Å². The van der Waals surface area contributed by atoms with Crippen molar-refractivity contribution in [2.45, 2.75) is 37.8 Å². The van der Waals surface area contributed by atoms with Crippen LogP contribution in [-0.4, -0.2) is 24.5 Å². The maximum Gasteiger partial charge on any atom is 0.0501 e. The molecule has 0 aliphatic heterocycles. The molecule has 0 N–H and O–H groups in total. The van der Waals surface area contributed by atoms with Gasteiger partial charge in [0.1, 0.15) is 0 Å². The van der Waals surface area contributed by atoms with Crippen molar-refractivity contribution in [1.82, 2.24) is 0 Å². The van der Waals surface area contributed by atoms with Gasteiger partial charge < -0.3 is 0 Å². The van der Waals surface area contributed by atoms with E-state index in [1.54, 1.807) is 0 Å². The summed E-state index contributed by atoms with van der Waals surface area (Å²) in [7, 11) is 0. The molecule has 2 heteroatoms. The van der Waals surface area contributed by atoms with Gasteiger partial charge in [0.05, 0.1) is 12.1 Å². The maximum absolute atomic E-state index is 4.73. The predicted molar refractivity (Wildman–Crippen MR) is 94.1 cm³/mol. The van der Waals surface area contributed by atoms with Crippen molar-refractivity contribution in [2.75, 3.05) is 0 Å². The summed E-state index contributed by atoms with van der Waals surface area (Å²) < 4.78 is 0. The van der Waals surface area contributed by atoms with Crippen molar-refractivity contribution < 1.29 is 0 Å². The molecule has 0 atom stereocenters. The molecular weight excluding hydrogens is 268 g/mol. The first-order chi connectivity index (χ1) is 10.9. The van der Waals surface area contributed by atoms with Gasteiger partial charge in [-0.15, -0.1) is 0 Å². The third-order valence-electron chi connectivity index (χ3n) is 4.13. The second-order valence-electron chi connectivity index (χ2n) is 5.84. The topological polar surface area (TPSA) is 24.7 Å². The van der Waals surface area contributed by atoms with E-state index in [2.05, 4.69) is 48.5 Å². The molecule has 0 spiro atoms. The van der Waals surface area contributed by atoms with Gasteiger partial charge in [0.25, 0.3) is 0 Å². The standard InChI is InChI=1S/C20H22N2/c1-3-7-17(8-4-1)15-21-19-11-13-20(14-12-19)22-16-18-9-5-2-6-10-18/h1-10,15-16,19-20H,11-14H2. The highest BCUT2D eigenvalue weighted by Crippen LogP contribution is 2.23. The van der Waals surface area contributed by atoms with E-state index in [9.17, 15) is 0 Å². The molecule has 1 aliphatic carbocycles. The van der Waals surface area contributed by atoms with Gasteiger partial charge in [-0.1, -0.05) is 60.7 Å². The van der Waals surface area contributed by atoms with Gasteiger partial charge in [0.15, 0.2) is 0 Å². The van der Waals surface area contributed by atoms with Gasteiger partial charge in [-0.25, -0.2) is 0 Å². The molecular formula is C20H22N2. The average molecular weight is 290 g/mol. The van der Waals surface area contributed by atoms with Gasteiger partial charge in [0, 0.05) is 12.4 Å². The van der Waals surface area contributed by atoms with Crippen molar-refractivity contribution in [2.24, 2.45) is 9.98 Å². The molecule has 1 aliphatic rings. The predicted octanol–water partition coefficient (Wildman–Crippen LogP) is 4.54. The molecule has 22 heavy (non-hydrogen) atoms. The normalized spacial score (nSPS) is 22.4. The number of hydrogen-bond acceptors (Lipinski definition) is 2. The van der Waals surface area contributed by atoms with E-state index in [0.29, 0.717) is 12.1 Å². The Morgan fingerprint density at radius 3 is 1.32 bits per heavy atom. The molecule has 2 nitrogen and oxygen atoms in total. The zero-order chi connectivity index (χ0) is 15.0. The molecule has 0 bridgehead atoms. The quantitative estimate of drug-likeness (QED) is 0.739. The van der Waals surface area contributed by atoms with Crippen molar-refractivity contribution in [3.8, 4) is 0 Å². The number of rotatable bonds is 4. The zero-order valence-corrected chi connectivity index (χ0v) is 12.8. The molecule has 2 aromatic rings. The molecule has 0 radical (unpaired) electrons. The first kappa shape index (κ1) is 14.7. The Morgan fingerprint density at radius 1 is 0.591 bits per heavy atom. The Balaban J connectivity index is 1.48. The zero-order valence-electron chi connectivity index (χ0n) is 12.8. The second kappa shape index (κ2) is 7.69. The molecule has 2 aromatic carbocycles. The Hall–Kier alpha value is -2.22. The van der Waals surface area contributed by atoms with Crippen LogP contribution in [0.3, 0.4) is 0 Å². The summed E-state index contributed by atoms with van der Waals surface area (Å²) in [4.78, 5) is 9.46. The fraction of sp³-hybridized carbons (Fsp3) is 0.300. The van der Waals surface area contributed by atoms with Crippen LogP contribution in [0.4, 0.5) is 0 Å². The number of benzene rings is 2. The largest absolute Gasteiger partial charge is 0.289 e. The molecule has 0 unspecified atom stereocenters. The molecule has 0 amide bonds. The van der Waals surface area contributed by atoms with E-state index in [4.69, 9.17) is 9.98 Å². The Bertz CT molecular complexity index is 551. The monoisotopic (exact) mass is 290 g/mol. The van der Waals surface area contributed by atoms with E-state index >= 15 is 0 Å². The van der Waals surface area contributed by atoms with Crippen LogP contribution in [0.2, 0.25) is 0 Å². The van der Waals surface area contributed by atoms with E-state index in [0.717, 1.165) is 25.7 Å². The third kappa shape index (κ3) is 4.39. The number of nitrogens with zero attached hydrogens (tertiary/aromatic N) is 2. The highest BCUT2D eigenvalue weighted by Gasteiger charge is 2.19. The van der Waals surface area contributed by atoms with Crippen molar-refractivity contribution >= 4 is 12.4 Å². The van der Waals surface area contributed by atoms with E-state index in [-0.39, 0.29) is 0 Å². The lowest BCUT2D eigenvalue weighted by molar-refractivity contribution is 0.399. The summed E-state index contributed by atoms with van der Waals surface area (Å²) in [5, 5.41) is 0. The molecule has 0 saturated heterocycles. The summed E-state index contributed by atoms with van der Waals surface area (Å²) in [6.45, 7) is 0. The summed E-state index contributed by atoms with van der Waals surface area (Å²) >= 11 is 0. The lowest BCUT2D eigenvalue weighted by atomic mass is 9.92. The fourth-order valence-corrected chi connectivity index (χ4v) is 2.82. The number of hydrogen-bond donors (Lipinski definition) is 0. The SMILES string of the molecule is C(=NC1CCC(N=Cc2ccccc2)CC1)c1ccccc1. The number of aliphatic imine (C=N–C) groups is 2. The highest BCUT2D eigenvalue weighted by atomic mass is 14.8. The Kier molecular flexibility index (Phi) is 5.14. The molecule has 1 fully saturated rings. The van der Waals surface area contributed by atoms with E-state index < -0.39 is 0 Å². The van der Waals surface area contributed by atoms with Gasteiger partial charge in [-0.2, -0.15) is 0 Å². The van der Waals surface area contributed by atoms with Crippen LogP contribution in [0.25, 0.3) is 0 Å². The average Bonchev–Trinajstić information content (AvgIpc) is 2.61. The minimum absolute atomic E-state index is 0.461. The van der Waals surface area contributed by atoms with Gasteiger partial charge in [0.2, 0.25) is 0 Å². The lowest BCUT2D eigenvalue weighted by Gasteiger charge is -2.23. The lowest BCUT2D eigenvalue weighted by Crippen LogP contribution is -2.20. The molecule has 1 saturated carbocycles. The van der Waals surface area contributed by atoms with Crippen LogP contribution < -0.4 is 0 Å². The van der Waals surface area contributed by atoms with Crippen LogP contribution in [-0.2, 0) is 0 Å². The highest BCUT2D eigenvalue weighted by molar-refractivity contribution is 5.80. The molecule has 0 heterocycles. The summed E-state index contributed by atoms with van der Waals surface area (Å²) in [6, 6.07) is 21.6. The molecule has 112 valence electrons. The maximum atomic E-state index is 4.73. The van der Waals surface area contributed by atoms with Crippen LogP contribution in [0, 0.1) is 0 Å². The first-order valence-corrected chi connectivity index (χ1v) is 8.06. The van der Waals surface area contributed by atoms with Gasteiger partial charge in [-0.05, 0) is 36.8 Å². The van der Waals surface area contributed by atoms with Gasteiger partial charge >= 0.3 is 0 Å². The first-order valence-electron chi connectivity index (χ1n) is 8.06. The molecule has 0 aromatic heterocycles. The second-order valence-corrected chi connectivity index (χ2v) is 5.84. The van der Waals surface area contributed by atoms with Gasteiger partial charge in [-0.3, -0.25) is 9.98 Å². The summed E-state index contributed by atoms with van der Waals surface area (Å²) in [6.07, 6.45) is 8.58. The Morgan fingerprint density at radius 2 is 0.955 bits per heavy atom. The Labute approximate surface area is 132 Å². The van der Waals surface area contributed by atoms with Crippen LogP contribution in [0.1, 0.15) is 36.8 Å². The minimum atomic E-state index is 0.461.